The van der Waals surface area contributed by atoms with E-state index in [-0.39, 0.29) is 12.5 Å². The van der Waals surface area contributed by atoms with Gasteiger partial charge in [-0.05, 0) is 18.9 Å². The zero-order valence-corrected chi connectivity index (χ0v) is 12.4. The average Bonchev–Trinajstić information content (AvgIpc) is 2.50. The van der Waals surface area contributed by atoms with E-state index in [1.54, 1.807) is 7.11 Å². The van der Waals surface area contributed by atoms with Crippen LogP contribution in [0.25, 0.3) is 0 Å². The fourth-order valence-electron chi connectivity index (χ4n) is 1.84. The maximum atomic E-state index is 11.7. The van der Waals surface area contributed by atoms with Crippen molar-refractivity contribution >= 4 is 12.0 Å². The van der Waals surface area contributed by atoms with E-state index in [4.69, 9.17) is 9.84 Å². The number of benzene rings is 1. The smallest absolute Gasteiger partial charge is 0.314 e. The molecule has 1 rings (SSSR count). The van der Waals surface area contributed by atoms with Gasteiger partial charge in [-0.1, -0.05) is 30.3 Å². The van der Waals surface area contributed by atoms with Gasteiger partial charge in [0.15, 0.2) is 0 Å². The minimum absolute atomic E-state index is 0.0417. The number of nitrogens with one attached hydrogen (secondary N) is 2. The van der Waals surface area contributed by atoms with Gasteiger partial charge in [0.25, 0.3) is 0 Å². The molecular formula is C15H22N2O4. The minimum atomic E-state index is -0.867. The van der Waals surface area contributed by atoms with Crippen LogP contribution < -0.4 is 10.6 Å². The van der Waals surface area contributed by atoms with Gasteiger partial charge in [0, 0.05) is 20.1 Å². The molecule has 1 aromatic carbocycles. The molecule has 21 heavy (non-hydrogen) atoms. The second kappa shape index (κ2) is 8.26. The predicted molar refractivity (Wildman–Crippen MR) is 79.1 cm³/mol. The number of ether oxygens (including phenoxy) is 1. The van der Waals surface area contributed by atoms with Crippen LogP contribution in [0.2, 0.25) is 0 Å². The van der Waals surface area contributed by atoms with E-state index in [9.17, 15) is 9.59 Å². The van der Waals surface area contributed by atoms with Crippen molar-refractivity contribution in [2.24, 2.45) is 0 Å². The standard InChI is InChI=1S/C15H22N2O4/c1-15(21-2,12-7-4-3-5-8-12)11-17-14(20)16-10-6-9-13(18)19/h3-5,7-8H,6,9-11H2,1-2H3,(H,18,19)(H2,16,17,20). The van der Waals surface area contributed by atoms with Gasteiger partial charge < -0.3 is 20.5 Å². The third-order valence-electron chi connectivity index (χ3n) is 3.27. The number of hydrogen-bond acceptors (Lipinski definition) is 3. The summed E-state index contributed by atoms with van der Waals surface area (Å²) < 4.78 is 5.51. The normalized spacial score (nSPS) is 13.2. The summed E-state index contributed by atoms with van der Waals surface area (Å²) in [4.78, 5) is 22.0. The molecule has 0 spiro atoms. The maximum Gasteiger partial charge on any atom is 0.314 e. The molecule has 0 aromatic heterocycles. The van der Waals surface area contributed by atoms with Crippen molar-refractivity contribution in [1.82, 2.24) is 10.6 Å². The summed E-state index contributed by atoms with van der Waals surface area (Å²) in [5.41, 5.74) is 0.360. The SMILES string of the molecule is COC(C)(CNC(=O)NCCCC(=O)O)c1ccccc1. The van der Waals surface area contributed by atoms with Crippen molar-refractivity contribution in [2.45, 2.75) is 25.4 Å². The number of amides is 2. The predicted octanol–water partition coefficient (Wildman–Crippen LogP) is 1.71. The lowest BCUT2D eigenvalue weighted by molar-refractivity contribution is -0.137. The Balaban J connectivity index is 2.41. The monoisotopic (exact) mass is 294 g/mol. The van der Waals surface area contributed by atoms with E-state index >= 15 is 0 Å². The van der Waals surface area contributed by atoms with Crippen LogP contribution in [0.1, 0.15) is 25.3 Å². The first-order valence-corrected chi connectivity index (χ1v) is 6.82. The van der Waals surface area contributed by atoms with Gasteiger partial charge in [0.2, 0.25) is 0 Å². The van der Waals surface area contributed by atoms with Crippen LogP contribution in [0.4, 0.5) is 4.79 Å². The number of carboxylic acid groups (broad SMARTS) is 1. The van der Waals surface area contributed by atoms with E-state index in [1.807, 2.05) is 37.3 Å². The Morgan fingerprint density at radius 2 is 1.90 bits per heavy atom. The third-order valence-corrected chi connectivity index (χ3v) is 3.27. The number of aliphatic carboxylic acids is 1. The van der Waals surface area contributed by atoms with Crippen LogP contribution in [0, 0.1) is 0 Å². The number of methoxy groups -OCH3 is 1. The molecule has 0 aliphatic rings. The number of hydrogen-bond donors (Lipinski definition) is 3. The minimum Gasteiger partial charge on any atom is -0.481 e. The summed E-state index contributed by atoms with van der Waals surface area (Å²) in [6, 6.07) is 9.30. The molecule has 3 N–H and O–H groups in total. The fraction of sp³-hybridized carbons (Fsp3) is 0.467. The van der Waals surface area contributed by atoms with E-state index in [0.717, 1.165) is 5.56 Å². The summed E-state index contributed by atoms with van der Waals surface area (Å²) in [6.07, 6.45) is 0.447. The second-order valence-electron chi connectivity index (χ2n) is 4.91. The largest absolute Gasteiger partial charge is 0.481 e. The summed E-state index contributed by atoms with van der Waals surface area (Å²) in [6.45, 7) is 2.54. The molecule has 6 nitrogen and oxygen atoms in total. The summed E-state index contributed by atoms with van der Waals surface area (Å²) >= 11 is 0. The molecule has 0 heterocycles. The topological polar surface area (TPSA) is 87.7 Å². The van der Waals surface area contributed by atoms with E-state index < -0.39 is 11.6 Å². The summed E-state index contributed by atoms with van der Waals surface area (Å²) in [5.74, 6) is -0.867. The Morgan fingerprint density at radius 1 is 1.24 bits per heavy atom. The van der Waals surface area contributed by atoms with Crippen molar-refractivity contribution in [3.63, 3.8) is 0 Å². The first-order chi connectivity index (χ1) is 9.98. The molecule has 116 valence electrons. The van der Waals surface area contributed by atoms with Gasteiger partial charge in [-0.3, -0.25) is 4.79 Å². The Bertz CT molecular complexity index is 464. The number of urea groups is 1. The third kappa shape index (κ3) is 5.83. The molecule has 1 unspecified atom stereocenters. The lowest BCUT2D eigenvalue weighted by Crippen LogP contribution is -2.44. The Kier molecular flexibility index (Phi) is 6.68. The number of rotatable bonds is 8. The number of carboxylic acids is 1. The highest BCUT2D eigenvalue weighted by molar-refractivity contribution is 5.74. The number of carbonyl (C=O) groups is 2. The van der Waals surface area contributed by atoms with Crippen molar-refractivity contribution in [3.05, 3.63) is 35.9 Å². The second-order valence-corrected chi connectivity index (χ2v) is 4.91. The van der Waals surface area contributed by atoms with Crippen LogP contribution in [-0.4, -0.2) is 37.3 Å². The Labute approximate surface area is 124 Å². The fourth-order valence-corrected chi connectivity index (χ4v) is 1.84. The van der Waals surface area contributed by atoms with Gasteiger partial charge in [-0.15, -0.1) is 0 Å². The molecular weight excluding hydrogens is 272 g/mol. The van der Waals surface area contributed by atoms with Crippen LogP contribution in [-0.2, 0) is 15.1 Å². The van der Waals surface area contributed by atoms with Crippen LogP contribution in [0.5, 0.6) is 0 Å². The van der Waals surface area contributed by atoms with E-state index in [2.05, 4.69) is 10.6 Å². The van der Waals surface area contributed by atoms with Crippen LogP contribution in [0.3, 0.4) is 0 Å². The van der Waals surface area contributed by atoms with E-state index in [0.29, 0.717) is 19.5 Å². The van der Waals surface area contributed by atoms with Gasteiger partial charge >= 0.3 is 12.0 Å². The summed E-state index contributed by atoms with van der Waals surface area (Å²) in [7, 11) is 1.60. The first-order valence-electron chi connectivity index (χ1n) is 6.82. The molecule has 0 saturated carbocycles. The highest BCUT2D eigenvalue weighted by Gasteiger charge is 2.26. The van der Waals surface area contributed by atoms with Gasteiger partial charge in [-0.2, -0.15) is 0 Å². The zero-order valence-electron chi connectivity index (χ0n) is 12.4. The van der Waals surface area contributed by atoms with Gasteiger partial charge in [-0.25, -0.2) is 4.79 Å². The molecule has 2 amide bonds. The molecule has 1 atom stereocenters. The van der Waals surface area contributed by atoms with Crippen LogP contribution in [0.15, 0.2) is 30.3 Å². The molecule has 1 aromatic rings. The zero-order chi connectivity index (χ0) is 15.7. The van der Waals surface area contributed by atoms with Gasteiger partial charge in [0.05, 0.1) is 6.54 Å². The first kappa shape index (κ1) is 17.0. The average molecular weight is 294 g/mol. The highest BCUT2D eigenvalue weighted by Crippen LogP contribution is 2.23. The van der Waals surface area contributed by atoms with Gasteiger partial charge in [0.1, 0.15) is 5.60 Å². The van der Waals surface area contributed by atoms with E-state index in [1.165, 1.54) is 0 Å². The Hall–Kier alpha value is -2.08. The molecule has 0 radical (unpaired) electrons. The van der Waals surface area contributed by atoms with Crippen LogP contribution >= 0.6 is 0 Å². The molecule has 0 fully saturated rings. The maximum absolute atomic E-state index is 11.7. The Morgan fingerprint density at radius 3 is 2.48 bits per heavy atom. The van der Waals surface area contributed by atoms with Crippen molar-refractivity contribution in [2.75, 3.05) is 20.2 Å². The molecule has 6 heteroatoms. The van der Waals surface area contributed by atoms with Crippen molar-refractivity contribution in [1.29, 1.82) is 0 Å². The molecule has 0 saturated heterocycles. The van der Waals surface area contributed by atoms with Crippen molar-refractivity contribution < 1.29 is 19.4 Å². The molecule has 0 aliphatic heterocycles. The lowest BCUT2D eigenvalue weighted by Gasteiger charge is -2.29. The quantitative estimate of drug-likeness (QED) is 0.637. The number of carbonyl (C=O) groups excluding carboxylic acids is 1. The molecule has 0 bridgehead atoms. The highest BCUT2D eigenvalue weighted by atomic mass is 16.5. The summed E-state index contributed by atoms with van der Waals surface area (Å²) in [5, 5.41) is 13.9. The molecule has 0 aliphatic carbocycles. The lowest BCUT2D eigenvalue weighted by atomic mass is 9.96. The van der Waals surface area contributed by atoms with Crippen molar-refractivity contribution in [3.8, 4) is 0 Å².